The lowest BCUT2D eigenvalue weighted by atomic mass is 10.1. The van der Waals surface area contributed by atoms with Gasteiger partial charge in [0.25, 0.3) is 0 Å². The third kappa shape index (κ3) is 3.08. The summed E-state index contributed by atoms with van der Waals surface area (Å²) in [6.07, 6.45) is 3.30. The van der Waals surface area contributed by atoms with Crippen LogP contribution in [0.4, 0.5) is 5.82 Å². The molecule has 5 nitrogen and oxygen atoms in total. The summed E-state index contributed by atoms with van der Waals surface area (Å²) >= 11 is 0. The van der Waals surface area contributed by atoms with Gasteiger partial charge >= 0.3 is 0 Å². The lowest BCUT2D eigenvalue weighted by Gasteiger charge is -2.09. The molecule has 0 radical (unpaired) electrons. The molecule has 0 unspecified atom stereocenters. The van der Waals surface area contributed by atoms with E-state index < -0.39 is 0 Å². The lowest BCUT2D eigenvalue weighted by molar-refractivity contribution is 0.326. The highest BCUT2D eigenvalue weighted by atomic mass is 16.5. The summed E-state index contributed by atoms with van der Waals surface area (Å²) < 4.78 is 5.37. The minimum Gasteiger partial charge on any atom is -0.478 e. The molecule has 0 bridgehead atoms. The number of ether oxygens (including phenoxy) is 1. The molecule has 0 fully saturated rings. The molecule has 3 rings (SSSR count). The van der Waals surface area contributed by atoms with Crippen molar-refractivity contribution in [1.29, 1.82) is 0 Å². The first kappa shape index (κ1) is 13.3. The minimum absolute atomic E-state index is 0.575. The Kier molecular flexibility index (Phi) is 3.91. The molecule has 0 atom stereocenters. The van der Waals surface area contributed by atoms with E-state index in [0.29, 0.717) is 19.0 Å². The Bertz CT molecular complexity index is 740. The van der Waals surface area contributed by atoms with Gasteiger partial charge in [0.15, 0.2) is 0 Å². The fraction of sp³-hybridized carbons (Fsp3) is 0.188. The van der Waals surface area contributed by atoms with Gasteiger partial charge < -0.3 is 10.1 Å². The highest BCUT2D eigenvalue weighted by molar-refractivity contribution is 5.81. The van der Waals surface area contributed by atoms with Crippen molar-refractivity contribution in [2.45, 2.75) is 13.5 Å². The number of nitrogens with zero attached hydrogens (tertiary/aromatic N) is 3. The van der Waals surface area contributed by atoms with Crippen LogP contribution in [0.3, 0.4) is 0 Å². The van der Waals surface area contributed by atoms with Gasteiger partial charge in [-0.3, -0.25) is 4.98 Å². The van der Waals surface area contributed by atoms with E-state index in [1.807, 2.05) is 25.3 Å². The number of aromatic nitrogens is 3. The van der Waals surface area contributed by atoms with Gasteiger partial charge in [-0.1, -0.05) is 24.3 Å². The van der Waals surface area contributed by atoms with E-state index in [9.17, 15) is 0 Å². The quantitative estimate of drug-likeness (QED) is 0.778. The molecular formula is C16H16N4O. The zero-order valence-corrected chi connectivity index (χ0v) is 11.8. The number of anilines is 1. The van der Waals surface area contributed by atoms with Crippen LogP contribution in [0.1, 0.15) is 12.5 Å². The van der Waals surface area contributed by atoms with Crippen LogP contribution in [0.2, 0.25) is 0 Å². The van der Waals surface area contributed by atoms with Crippen LogP contribution in [-0.2, 0) is 6.54 Å². The molecule has 0 saturated carbocycles. The monoisotopic (exact) mass is 280 g/mol. The van der Waals surface area contributed by atoms with Gasteiger partial charge in [0.05, 0.1) is 12.1 Å². The molecule has 2 aromatic heterocycles. The standard InChI is InChI=1S/C16H16N4O/c1-2-21-15-9-14(19-11-20-15)18-10-13-6-3-5-12-7-4-8-17-16(12)13/h3-9,11H,2,10H2,1H3,(H,18,19,20). The van der Waals surface area contributed by atoms with Gasteiger partial charge in [-0.05, 0) is 18.6 Å². The molecule has 0 aliphatic heterocycles. The van der Waals surface area contributed by atoms with Crippen LogP contribution in [0, 0.1) is 0 Å². The lowest BCUT2D eigenvalue weighted by Crippen LogP contribution is -2.04. The zero-order chi connectivity index (χ0) is 14.5. The maximum atomic E-state index is 5.37. The molecule has 3 aromatic rings. The van der Waals surface area contributed by atoms with Crippen molar-refractivity contribution in [2.75, 3.05) is 11.9 Å². The normalized spacial score (nSPS) is 10.5. The molecule has 0 aliphatic rings. The molecule has 1 aromatic carbocycles. The van der Waals surface area contributed by atoms with Crippen LogP contribution in [0.25, 0.3) is 10.9 Å². The predicted molar refractivity (Wildman–Crippen MR) is 82.3 cm³/mol. The second-order valence-corrected chi connectivity index (χ2v) is 4.52. The van der Waals surface area contributed by atoms with E-state index in [2.05, 4.69) is 38.5 Å². The highest BCUT2D eigenvalue weighted by Gasteiger charge is 2.03. The van der Waals surface area contributed by atoms with Crippen molar-refractivity contribution < 1.29 is 4.74 Å². The number of benzene rings is 1. The van der Waals surface area contributed by atoms with E-state index >= 15 is 0 Å². The average Bonchev–Trinajstić information content (AvgIpc) is 2.53. The van der Waals surface area contributed by atoms with Crippen LogP contribution in [0.5, 0.6) is 5.88 Å². The summed E-state index contributed by atoms with van der Waals surface area (Å²) in [6.45, 7) is 3.16. The number of nitrogens with one attached hydrogen (secondary N) is 1. The van der Waals surface area contributed by atoms with Crippen molar-refractivity contribution in [3.63, 3.8) is 0 Å². The van der Waals surface area contributed by atoms with Crippen LogP contribution < -0.4 is 10.1 Å². The smallest absolute Gasteiger partial charge is 0.218 e. The fourth-order valence-corrected chi connectivity index (χ4v) is 2.16. The van der Waals surface area contributed by atoms with E-state index in [4.69, 9.17) is 4.74 Å². The number of hydrogen-bond donors (Lipinski definition) is 1. The van der Waals surface area contributed by atoms with E-state index in [1.165, 1.54) is 6.33 Å². The number of fused-ring (bicyclic) bond motifs is 1. The number of para-hydroxylation sites is 1. The SMILES string of the molecule is CCOc1cc(NCc2cccc3cccnc23)ncn1. The number of hydrogen-bond acceptors (Lipinski definition) is 5. The van der Waals surface area contributed by atoms with Gasteiger partial charge in [0, 0.05) is 24.2 Å². The van der Waals surface area contributed by atoms with E-state index in [0.717, 1.165) is 22.3 Å². The largest absolute Gasteiger partial charge is 0.478 e. The van der Waals surface area contributed by atoms with Gasteiger partial charge in [-0.15, -0.1) is 0 Å². The van der Waals surface area contributed by atoms with E-state index in [1.54, 1.807) is 6.07 Å². The molecular weight excluding hydrogens is 264 g/mol. The molecule has 2 heterocycles. The Morgan fingerprint density at radius 3 is 2.90 bits per heavy atom. The molecule has 106 valence electrons. The van der Waals surface area contributed by atoms with Crippen LogP contribution >= 0.6 is 0 Å². The topological polar surface area (TPSA) is 59.9 Å². The Morgan fingerprint density at radius 1 is 1.10 bits per heavy atom. The maximum Gasteiger partial charge on any atom is 0.218 e. The molecule has 0 amide bonds. The summed E-state index contributed by atoms with van der Waals surface area (Å²) in [5, 5.41) is 4.41. The highest BCUT2D eigenvalue weighted by Crippen LogP contribution is 2.18. The third-order valence-corrected chi connectivity index (χ3v) is 3.11. The van der Waals surface area contributed by atoms with Gasteiger partial charge in [-0.25, -0.2) is 9.97 Å². The minimum atomic E-state index is 0.575. The van der Waals surface area contributed by atoms with Gasteiger partial charge in [-0.2, -0.15) is 0 Å². The summed E-state index contributed by atoms with van der Waals surface area (Å²) in [6, 6.07) is 12.0. The Labute approximate surface area is 123 Å². The summed E-state index contributed by atoms with van der Waals surface area (Å²) in [5.74, 6) is 1.31. The summed E-state index contributed by atoms with van der Waals surface area (Å²) in [4.78, 5) is 12.7. The van der Waals surface area contributed by atoms with Crippen molar-refractivity contribution in [1.82, 2.24) is 15.0 Å². The zero-order valence-electron chi connectivity index (χ0n) is 11.8. The fourth-order valence-electron chi connectivity index (χ4n) is 2.16. The third-order valence-electron chi connectivity index (χ3n) is 3.11. The molecule has 1 N–H and O–H groups in total. The van der Waals surface area contributed by atoms with Gasteiger partial charge in [0.1, 0.15) is 12.1 Å². The average molecular weight is 280 g/mol. The molecule has 21 heavy (non-hydrogen) atoms. The molecule has 5 heteroatoms. The van der Waals surface area contributed by atoms with Crippen molar-refractivity contribution in [3.8, 4) is 5.88 Å². The number of rotatable bonds is 5. The molecule has 0 spiro atoms. The Hall–Kier alpha value is -2.69. The van der Waals surface area contributed by atoms with Crippen molar-refractivity contribution in [3.05, 3.63) is 54.5 Å². The predicted octanol–water partition coefficient (Wildman–Crippen LogP) is 3.04. The van der Waals surface area contributed by atoms with Gasteiger partial charge in [0.2, 0.25) is 5.88 Å². The number of pyridine rings is 1. The second-order valence-electron chi connectivity index (χ2n) is 4.52. The van der Waals surface area contributed by atoms with Crippen LogP contribution in [0.15, 0.2) is 48.9 Å². The van der Waals surface area contributed by atoms with Crippen molar-refractivity contribution in [2.24, 2.45) is 0 Å². The first-order chi connectivity index (χ1) is 10.4. The second kappa shape index (κ2) is 6.17. The van der Waals surface area contributed by atoms with Crippen LogP contribution in [-0.4, -0.2) is 21.6 Å². The summed E-state index contributed by atoms with van der Waals surface area (Å²) in [5.41, 5.74) is 2.14. The first-order valence-corrected chi connectivity index (χ1v) is 6.88. The first-order valence-electron chi connectivity index (χ1n) is 6.88. The van der Waals surface area contributed by atoms with Crippen molar-refractivity contribution >= 4 is 16.7 Å². The molecule has 0 saturated heterocycles. The molecule has 0 aliphatic carbocycles. The van der Waals surface area contributed by atoms with E-state index in [-0.39, 0.29) is 0 Å². The Morgan fingerprint density at radius 2 is 2.00 bits per heavy atom. The summed E-state index contributed by atoms with van der Waals surface area (Å²) in [7, 11) is 0. The maximum absolute atomic E-state index is 5.37. The Balaban J connectivity index is 1.79.